The number of carboxylic acids is 1. The van der Waals surface area contributed by atoms with Gasteiger partial charge in [-0.25, -0.2) is 14.0 Å². The summed E-state index contributed by atoms with van der Waals surface area (Å²) < 4.78 is 17.4. The van der Waals surface area contributed by atoms with Crippen LogP contribution in [-0.4, -0.2) is 35.6 Å². The Morgan fingerprint density at radius 1 is 1.30 bits per heavy atom. The summed E-state index contributed by atoms with van der Waals surface area (Å²) in [6, 6.07) is 4.18. The molecule has 1 aromatic rings. The van der Waals surface area contributed by atoms with Gasteiger partial charge in [-0.1, -0.05) is 18.2 Å². The standard InChI is InChI=1S/C16H18FNO5/c1-2-23-15(20)5-3-4-13(16(21)22)18-14(19)10-11-6-8-12(17)9-7-11/h3,5-9,13H,2,4,10H2,1H3,(H,18,19)(H,21,22)/b5-3+/t13-/m1/s1. The number of carbonyl (C=O) groups is 3. The fourth-order valence-corrected chi connectivity index (χ4v) is 1.75. The molecule has 0 aliphatic rings. The van der Waals surface area contributed by atoms with E-state index < -0.39 is 29.7 Å². The van der Waals surface area contributed by atoms with Crippen molar-refractivity contribution in [1.29, 1.82) is 0 Å². The second-order valence-corrected chi connectivity index (χ2v) is 4.65. The summed E-state index contributed by atoms with van der Waals surface area (Å²) in [7, 11) is 0. The number of hydrogen-bond donors (Lipinski definition) is 2. The van der Waals surface area contributed by atoms with Crippen molar-refractivity contribution in [2.45, 2.75) is 25.8 Å². The molecule has 0 bridgehead atoms. The van der Waals surface area contributed by atoms with Crippen LogP contribution in [0, 0.1) is 5.82 Å². The zero-order chi connectivity index (χ0) is 17.2. The van der Waals surface area contributed by atoms with E-state index in [0.717, 1.165) is 6.08 Å². The molecule has 23 heavy (non-hydrogen) atoms. The number of benzene rings is 1. The van der Waals surface area contributed by atoms with E-state index in [1.165, 1.54) is 30.3 Å². The normalized spacial score (nSPS) is 11.9. The molecular formula is C16H18FNO5. The summed E-state index contributed by atoms with van der Waals surface area (Å²) in [5.41, 5.74) is 0.565. The number of carbonyl (C=O) groups excluding carboxylic acids is 2. The van der Waals surface area contributed by atoms with E-state index in [0.29, 0.717) is 5.56 Å². The molecule has 1 rings (SSSR count). The van der Waals surface area contributed by atoms with Gasteiger partial charge in [0.25, 0.3) is 0 Å². The molecular weight excluding hydrogens is 305 g/mol. The maximum Gasteiger partial charge on any atom is 0.330 e. The summed E-state index contributed by atoms with van der Waals surface area (Å²) in [6.07, 6.45) is 2.33. The van der Waals surface area contributed by atoms with Crippen LogP contribution in [0.5, 0.6) is 0 Å². The van der Waals surface area contributed by atoms with E-state index in [1.54, 1.807) is 6.92 Å². The first-order valence-corrected chi connectivity index (χ1v) is 7.02. The van der Waals surface area contributed by atoms with E-state index >= 15 is 0 Å². The van der Waals surface area contributed by atoms with Crippen LogP contribution >= 0.6 is 0 Å². The van der Waals surface area contributed by atoms with Gasteiger partial charge in [-0.3, -0.25) is 4.79 Å². The predicted molar refractivity (Wildman–Crippen MR) is 80.1 cm³/mol. The van der Waals surface area contributed by atoms with Crippen LogP contribution in [0.4, 0.5) is 4.39 Å². The lowest BCUT2D eigenvalue weighted by Gasteiger charge is -2.12. The molecule has 1 aromatic carbocycles. The second-order valence-electron chi connectivity index (χ2n) is 4.65. The van der Waals surface area contributed by atoms with Crippen LogP contribution < -0.4 is 5.32 Å². The molecule has 7 heteroatoms. The maximum atomic E-state index is 12.8. The molecule has 124 valence electrons. The Balaban J connectivity index is 2.54. The number of amides is 1. The van der Waals surface area contributed by atoms with Crippen LogP contribution in [0.1, 0.15) is 18.9 Å². The first-order chi connectivity index (χ1) is 10.9. The minimum Gasteiger partial charge on any atom is -0.480 e. The van der Waals surface area contributed by atoms with Crippen molar-refractivity contribution in [2.24, 2.45) is 0 Å². The lowest BCUT2D eigenvalue weighted by molar-refractivity contribution is -0.141. The lowest BCUT2D eigenvalue weighted by Crippen LogP contribution is -2.41. The SMILES string of the molecule is CCOC(=O)/C=C/C[C@@H](NC(=O)Cc1ccc(F)cc1)C(=O)O. The zero-order valence-corrected chi connectivity index (χ0v) is 12.6. The Morgan fingerprint density at radius 3 is 2.52 bits per heavy atom. The van der Waals surface area contributed by atoms with Crippen molar-refractivity contribution >= 4 is 17.8 Å². The summed E-state index contributed by atoms with van der Waals surface area (Å²) in [5.74, 6) is -2.71. The Bertz CT molecular complexity index is 583. The number of hydrogen-bond acceptors (Lipinski definition) is 4. The van der Waals surface area contributed by atoms with Gasteiger partial charge in [0.1, 0.15) is 11.9 Å². The topological polar surface area (TPSA) is 92.7 Å². The third-order valence-corrected chi connectivity index (χ3v) is 2.82. The zero-order valence-electron chi connectivity index (χ0n) is 12.6. The van der Waals surface area contributed by atoms with Gasteiger partial charge in [0.05, 0.1) is 13.0 Å². The fourth-order valence-electron chi connectivity index (χ4n) is 1.75. The quantitative estimate of drug-likeness (QED) is 0.558. The number of carboxylic acid groups (broad SMARTS) is 1. The molecule has 0 fully saturated rings. The van der Waals surface area contributed by atoms with Crippen LogP contribution in [0.2, 0.25) is 0 Å². The van der Waals surface area contributed by atoms with Crippen LogP contribution in [-0.2, 0) is 25.5 Å². The molecule has 0 saturated carbocycles. The van der Waals surface area contributed by atoms with Crippen molar-refractivity contribution in [2.75, 3.05) is 6.61 Å². The molecule has 1 amide bonds. The summed E-state index contributed by atoms with van der Waals surface area (Å²) in [6.45, 7) is 1.88. The number of halogens is 1. The van der Waals surface area contributed by atoms with E-state index in [-0.39, 0.29) is 19.4 Å². The molecule has 0 saturated heterocycles. The van der Waals surface area contributed by atoms with Gasteiger partial charge >= 0.3 is 11.9 Å². The molecule has 2 N–H and O–H groups in total. The molecule has 0 aliphatic heterocycles. The summed E-state index contributed by atoms with van der Waals surface area (Å²) in [4.78, 5) is 34.1. The Kier molecular flexibility index (Phi) is 7.45. The summed E-state index contributed by atoms with van der Waals surface area (Å²) >= 11 is 0. The average molecular weight is 323 g/mol. The average Bonchev–Trinajstić information content (AvgIpc) is 2.48. The molecule has 0 spiro atoms. The van der Waals surface area contributed by atoms with Gasteiger partial charge in [0, 0.05) is 6.08 Å². The fraction of sp³-hybridized carbons (Fsp3) is 0.312. The predicted octanol–water partition coefficient (Wildman–Crippen LogP) is 1.45. The molecule has 0 radical (unpaired) electrons. The number of nitrogens with one attached hydrogen (secondary N) is 1. The van der Waals surface area contributed by atoms with Crippen LogP contribution in [0.25, 0.3) is 0 Å². The Morgan fingerprint density at radius 2 is 1.96 bits per heavy atom. The first-order valence-electron chi connectivity index (χ1n) is 7.02. The molecule has 0 unspecified atom stereocenters. The highest BCUT2D eigenvalue weighted by molar-refractivity contribution is 5.85. The largest absolute Gasteiger partial charge is 0.480 e. The van der Waals surface area contributed by atoms with E-state index in [4.69, 9.17) is 5.11 Å². The highest BCUT2D eigenvalue weighted by atomic mass is 19.1. The third kappa shape index (κ3) is 7.21. The highest BCUT2D eigenvalue weighted by Gasteiger charge is 2.18. The molecule has 6 nitrogen and oxygen atoms in total. The maximum absolute atomic E-state index is 12.8. The smallest absolute Gasteiger partial charge is 0.330 e. The van der Waals surface area contributed by atoms with Gasteiger partial charge in [-0.05, 0) is 31.0 Å². The van der Waals surface area contributed by atoms with Gasteiger partial charge in [-0.15, -0.1) is 0 Å². The highest BCUT2D eigenvalue weighted by Crippen LogP contribution is 2.04. The summed E-state index contributed by atoms with van der Waals surface area (Å²) in [5, 5.41) is 11.4. The molecule has 0 aromatic heterocycles. The van der Waals surface area contributed by atoms with E-state index in [1.807, 2.05) is 0 Å². The first kappa shape index (κ1) is 18.3. The Hall–Kier alpha value is -2.70. The van der Waals surface area contributed by atoms with Crippen molar-refractivity contribution in [3.63, 3.8) is 0 Å². The minimum absolute atomic E-state index is 0.0523. The molecule has 1 atom stereocenters. The van der Waals surface area contributed by atoms with Gasteiger partial charge in [0.15, 0.2) is 0 Å². The number of ether oxygens (including phenoxy) is 1. The molecule has 0 aliphatic carbocycles. The minimum atomic E-state index is -1.22. The van der Waals surface area contributed by atoms with Crippen molar-refractivity contribution in [1.82, 2.24) is 5.32 Å². The lowest BCUT2D eigenvalue weighted by atomic mass is 10.1. The van der Waals surface area contributed by atoms with Gasteiger partial charge in [-0.2, -0.15) is 0 Å². The van der Waals surface area contributed by atoms with Gasteiger partial charge < -0.3 is 15.2 Å². The number of aliphatic carboxylic acids is 1. The van der Waals surface area contributed by atoms with Crippen molar-refractivity contribution < 1.29 is 28.6 Å². The van der Waals surface area contributed by atoms with E-state index in [9.17, 15) is 18.8 Å². The number of rotatable bonds is 8. The third-order valence-electron chi connectivity index (χ3n) is 2.82. The van der Waals surface area contributed by atoms with Gasteiger partial charge in [0.2, 0.25) is 5.91 Å². The van der Waals surface area contributed by atoms with Crippen LogP contribution in [0.3, 0.4) is 0 Å². The Labute approximate surface area is 132 Å². The van der Waals surface area contributed by atoms with Crippen molar-refractivity contribution in [3.05, 3.63) is 47.8 Å². The van der Waals surface area contributed by atoms with E-state index in [2.05, 4.69) is 10.1 Å². The molecule has 0 heterocycles. The van der Waals surface area contributed by atoms with Crippen molar-refractivity contribution in [3.8, 4) is 0 Å². The monoisotopic (exact) mass is 323 g/mol. The van der Waals surface area contributed by atoms with Crippen LogP contribution in [0.15, 0.2) is 36.4 Å². The second kappa shape index (κ2) is 9.34. The number of esters is 1.